The molecule has 0 bridgehead atoms. The molecule has 184 valence electrons. The first-order valence-electron chi connectivity index (χ1n) is 11.8. The summed E-state index contributed by atoms with van der Waals surface area (Å²) in [4.78, 5) is 34.0. The maximum atomic E-state index is 13.6. The van der Waals surface area contributed by atoms with Gasteiger partial charge in [-0.3, -0.25) is 14.5 Å². The van der Waals surface area contributed by atoms with Gasteiger partial charge < -0.3 is 14.5 Å². The van der Waals surface area contributed by atoms with E-state index in [9.17, 15) is 9.59 Å². The Morgan fingerprint density at radius 2 is 1.66 bits per heavy atom. The number of hydrogen-bond acceptors (Lipinski definition) is 5. The van der Waals surface area contributed by atoms with Gasteiger partial charge in [-0.1, -0.05) is 52.3 Å². The zero-order valence-electron chi connectivity index (χ0n) is 19.6. The second-order valence-corrected chi connectivity index (χ2v) is 10.5. The van der Waals surface area contributed by atoms with E-state index < -0.39 is 0 Å². The number of amides is 2. The Hall–Kier alpha value is -2.52. The number of carbonyl (C=O) groups excluding carboxylic acids is 2. The van der Waals surface area contributed by atoms with Gasteiger partial charge in [-0.05, 0) is 41.3 Å². The zero-order valence-corrected chi connectivity index (χ0v) is 22.0. The Labute approximate surface area is 219 Å². The van der Waals surface area contributed by atoms with Gasteiger partial charge in [-0.2, -0.15) is 0 Å². The number of nitrogens with zero attached hydrogens (tertiary/aromatic N) is 3. The molecule has 0 unspecified atom stereocenters. The van der Waals surface area contributed by atoms with Crippen LogP contribution in [0.4, 0.5) is 0 Å². The maximum Gasteiger partial charge on any atom is 0.254 e. The molecule has 0 aliphatic carbocycles. The van der Waals surface area contributed by atoms with Crippen molar-refractivity contribution in [1.29, 1.82) is 0 Å². The van der Waals surface area contributed by atoms with Gasteiger partial charge in [0, 0.05) is 47.6 Å². The number of halogens is 1. The molecule has 6 nitrogen and oxygen atoms in total. The number of hydrogen-bond donors (Lipinski definition) is 0. The predicted molar refractivity (Wildman–Crippen MR) is 142 cm³/mol. The first kappa shape index (κ1) is 25.6. The van der Waals surface area contributed by atoms with Crippen LogP contribution in [0.15, 0.2) is 76.6 Å². The Morgan fingerprint density at radius 1 is 0.914 bits per heavy atom. The summed E-state index contributed by atoms with van der Waals surface area (Å²) in [6, 6.07) is 21.3. The average molecular weight is 557 g/mol. The maximum absolute atomic E-state index is 13.6. The van der Waals surface area contributed by atoms with Crippen LogP contribution in [0, 0.1) is 0 Å². The number of thiophene rings is 1. The lowest BCUT2D eigenvalue weighted by Gasteiger charge is -2.31. The summed E-state index contributed by atoms with van der Waals surface area (Å²) in [5.41, 5.74) is 1.65. The van der Waals surface area contributed by atoms with Gasteiger partial charge in [0.25, 0.3) is 5.91 Å². The molecule has 8 heteroatoms. The minimum absolute atomic E-state index is 0.0391. The highest BCUT2D eigenvalue weighted by Gasteiger charge is 2.24. The summed E-state index contributed by atoms with van der Waals surface area (Å²) in [6.07, 6.45) is 0. The van der Waals surface area contributed by atoms with E-state index in [2.05, 4.69) is 20.8 Å². The van der Waals surface area contributed by atoms with Crippen molar-refractivity contribution in [1.82, 2.24) is 14.7 Å². The summed E-state index contributed by atoms with van der Waals surface area (Å²) in [5, 5.41) is 2.02. The normalized spacial score (nSPS) is 14.0. The Bertz CT molecular complexity index is 1070. The standard InChI is InChI=1S/C27H30BrN3O3S/c28-24-10-8-23(9-11-24)27(33)30(13-12-29-14-16-34-17-15-29)21-26(32)31(20-25-7-4-18-35-25)19-22-5-2-1-3-6-22/h1-11,18H,12-17,19-21H2. The van der Waals surface area contributed by atoms with Crippen molar-refractivity contribution in [2.24, 2.45) is 0 Å². The van der Waals surface area contributed by atoms with Gasteiger partial charge in [0.15, 0.2) is 0 Å². The van der Waals surface area contributed by atoms with Gasteiger partial charge in [0.2, 0.25) is 5.91 Å². The van der Waals surface area contributed by atoms with Crippen molar-refractivity contribution in [3.63, 3.8) is 0 Å². The minimum atomic E-state index is -0.130. The molecule has 4 rings (SSSR count). The summed E-state index contributed by atoms with van der Waals surface area (Å²) in [5.74, 6) is -0.190. The number of benzene rings is 2. The average Bonchev–Trinajstić information content (AvgIpc) is 3.40. The Balaban J connectivity index is 1.51. The molecule has 1 aromatic heterocycles. The van der Waals surface area contributed by atoms with Crippen LogP contribution in [0.1, 0.15) is 20.8 Å². The SMILES string of the molecule is O=C(CN(CCN1CCOCC1)C(=O)c1ccc(Br)cc1)N(Cc1ccccc1)Cc1cccs1. The van der Waals surface area contributed by atoms with Crippen molar-refractivity contribution >= 4 is 39.1 Å². The van der Waals surface area contributed by atoms with Crippen molar-refractivity contribution < 1.29 is 14.3 Å². The third-order valence-corrected chi connectivity index (χ3v) is 7.38. The summed E-state index contributed by atoms with van der Waals surface area (Å²) in [7, 11) is 0. The fourth-order valence-electron chi connectivity index (χ4n) is 4.00. The molecule has 1 aliphatic heterocycles. The van der Waals surface area contributed by atoms with E-state index in [1.807, 2.05) is 64.9 Å². The van der Waals surface area contributed by atoms with Crippen LogP contribution < -0.4 is 0 Å². The lowest BCUT2D eigenvalue weighted by atomic mass is 10.2. The summed E-state index contributed by atoms with van der Waals surface area (Å²) in [6.45, 7) is 5.34. The van der Waals surface area contributed by atoms with Crippen molar-refractivity contribution in [3.05, 3.63) is 92.6 Å². The van der Waals surface area contributed by atoms with Gasteiger partial charge in [-0.25, -0.2) is 0 Å². The van der Waals surface area contributed by atoms with Crippen molar-refractivity contribution in [2.75, 3.05) is 45.9 Å². The highest BCUT2D eigenvalue weighted by atomic mass is 79.9. The third-order valence-electron chi connectivity index (χ3n) is 5.99. The topological polar surface area (TPSA) is 53.1 Å². The van der Waals surface area contributed by atoms with Gasteiger partial charge in [0.05, 0.1) is 19.8 Å². The number of morpholine rings is 1. The van der Waals surface area contributed by atoms with E-state index in [-0.39, 0.29) is 18.4 Å². The van der Waals surface area contributed by atoms with E-state index in [0.717, 1.165) is 28.0 Å². The largest absolute Gasteiger partial charge is 0.379 e. The van der Waals surface area contributed by atoms with E-state index in [4.69, 9.17) is 4.74 Å². The smallest absolute Gasteiger partial charge is 0.254 e. The molecule has 2 heterocycles. The summed E-state index contributed by atoms with van der Waals surface area (Å²) < 4.78 is 6.36. The van der Waals surface area contributed by atoms with Gasteiger partial charge in [-0.15, -0.1) is 11.3 Å². The zero-order chi connectivity index (χ0) is 24.5. The summed E-state index contributed by atoms with van der Waals surface area (Å²) >= 11 is 5.06. The lowest BCUT2D eigenvalue weighted by Crippen LogP contribution is -2.47. The van der Waals surface area contributed by atoms with E-state index in [1.165, 1.54) is 0 Å². The minimum Gasteiger partial charge on any atom is -0.379 e. The van der Waals surface area contributed by atoms with Crippen LogP contribution in [0.25, 0.3) is 0 Å². The number of ether oxygens (including phenoxy) is 1. The molecule has 0 N–H and O–H groups in total. The highest BCUT2D eigenvalue weighted by molar-refractivity contribution is 9.10. The fourth-order valence-corrected chi connectivity index (χ4v) is 4.99. The van der Waals surface area contributed by atoms with Crippen LogP contribution in [-0.4, -0.2) is 72.5 Å². The first-order chi connectivity index (χ1) is 17.1. The van der Waals surface area contributed by atoms with Crippen LogP contribution in [-0.2, 0) is 22.6 Å². The van der Waals surface area contributed by atoms with Crippen LogP contribution in [0.3, 0.4) is 0 Å². The van der Waals surface area contributed by atoms with Gasteiger partial charge >= 0.3 is 0 Å². The predicted octanol–water partition coefficient (Wildman–Crippen LogP) is 4.51. The van der Waals surface area contributed by atoms with E-state index >= 15 is 0 Å². The highest BCUT2D eigenvalue weighted by Crippen LogP contribution is 2.17. The molecule has 0 saturated carbocycles. The second-order valence-electron chi connectivity index (χ2n) is 8.50. The van der Waals surface area contributed by atoms with E-state index in [0.29, 0.717) is 45.0 Å². The lowest BCUT2D eigenvalue weighted by molar-refractivity contribution is -0.133. The molecule has 2 amide bonds. The Kier molecular flexibility index (Phi) is 9.48. The molecule has 3 aromatic rings. The molecule has 2 aromatic carbocycles. The first-order valence-corrected chi connectivity index (χ1v) is 13.4. The molecule has 0 atom stereocenters. The van der Waals surface area contributed by atoms with Gasteiger partial charge in [0.1, 0.15) is 6.54 Å². The van der Waals surface area contributed by atoms with Crippen LogP contribution in [0.2, 0.25) is 0 Å². The quantitative estimate of drug-likeness (QED) is 0.369. The van der Waals surface area contributed by atoms with E-state index in [1.54, 1.807) is 28.4 Å². The van der Waals surface area contributed by atoms with Crippen molar-refractivity contribution in [3.8, 4) is 0 Å². The molecule has 0 spiro atoms. The fraction of sp³-hybridized carbons (Fsp3) is 0.333. The molecule has 35 heavy (non-hydrogen) atoms. The molecule has 1 fully saturated rings. The second kappa shape index (κ2) is 13.0. The number of rotatable bonds is 10. The van der Waals surface area contributed by atoms with Crippen LogP contribution in [0.5, 0.6) is 0 Å². The molecular formula is C27H30BrN3O3S. The molecule has 1 aliphatic rings. The molecule has 0 radical (unpaired) electrons. The van der Waals surface area contributed by atoms with Crippen molar-refractivity contribution in [2.45, 2.75) is 13.1 Å². The molecular weight excluding hydrogens is 526 g/mol. The Morgan fingerprint density at radius 3 is 2.34 bits per heavy atom. The number of carbonyl (C=O) groups is 2. The molecule has 1 saturated heterocycles. The van der Waals surface area contributed by atoms with Crippen LogP contribution >= 0.6 is 27.3 Å². The monoisotopic (exact) mass is 555 g/mol. The third kappa shape index (κ3) is 7.73.